The number of hydrogen-bond acceptors (Lipinski definition) is 6. The van der Waals surface area contributed by atoms with Crippen molar-refractivity contribution >= 4 is 34.2 Å². The fourth-order valence-electron chi connectivity index (χ4n) is 3.27. The van der Waals surface area contributed by atoms with Crippen LogP contribution in [0.5, 0.6) is 5.75 Å². The van der Waals surface area contributed by atoms with Gasteiger partial charge in [0, 0.05) is 15.0 Å². The summed E-state index contributed by atoms with van der Waals surface area (Å²) in [5, 5.41) is 42.2. The lowest BCUT2D eigenvalue weighted by atomic mass is 9.87. The van der Waals surface area contributed by atoms with Crippen molar-refractivity contribution in [1.29, 1.82) is 0 Å². The Morgan fingerprint density at radius 3 is 2.39 bits per heavy atom. The third-order valence-electron chi connectivity index (χ3n) is 4.95. The second kappa shape index (κ2) is 8.83. The first-order valence-corrected chi connectivity index (χ1v) is 10.6. The van der Waals surface area contributed by atoms with Crippen molar-refractivity contribution in [3.63, 3.8) is 0 Å². The minimum Gasteiger partial charge on any atom is -0.497 e. The Hall–Kier alpha value is -0.940. The Labute approximate surface area is 181 Å². The number of alkyl halides is 1. The van der Waals surface area contributed by atoms with Crippen molar-refractivity contribution in [3.05, 3.63) is 64.2 Å². The highest BCUT2D eigenvalue weighted by atomic mass is 127. The average molecular weight is 521 g/mol. The molecule has 1 fully saturated rings. The molecule has 6 nitrogen and oxygen atoms in total. The van der Waals surface area contributed by atoms with Crippen LogP contribution in [0.15, 0.2) is 42.5 Å². The molecule has 1 aliphatic heterocycles. The summed E-state index contributed by atoms with van der Waals surface area (Å²) in [5.74, 6) is -1.41. The Kier molecular flexibility index (Phi) is 6.86. The van der Waals surface area contributed by atoms with Crippen molar-refractivity contribution in [2.45, 2.75) is 36.6 Å². The maximum absolute atomic E-state index is 11.0. The summed E-state index contributed by atoms with van der Waals surface area (Å²) in [6, 6.07) is 12.3. The quantitative estimate of drug-likeness (QED) is 0.356. The van der Waals surface area contributed by atoms with Crippen molar-refractivity contribution in [3.8, 4) is 5.75 Å². The molecule has 28 heavy (non-hydrogen) atoms. The molecule has 0 amide bonds. The molecule has 0 unspecified atom stereocenters. The Bertz CT molecular complexity index is 815. The molecule has 5 atom stereocenters. The van der Waals surface area contributed by atoms with Crippen LogP contribution in [0.25, 0.3) is 0 Å². The van der Waals surface area contributed by atoms with Gasteiger partial charge in [0.2, 0.25) is 5.79 Å². The minimum absolute atomic E-state index is 0.258. The van der Waals surface area contributed by atoms with Crippen LogP contribution in [0.4, 0.5) is 0 Å². The molecule has 0 spiro atoms. The van der Waals surface area contributed by atoms with Gasteiger partial charge in [0.1, 0.15) is 24.1 Å². The van der Waals surface area contributed by atoms with E-state index in [2.05, 4.69) is 0 Å². The van der Waals surface area contributed by atoms with Crippen molar-refractivity contribution < 1.29 is 29.9 Å². The summed E-state index contributed by atoms with van der Waals surface area (Å²) < 4.78 is 11.1. The largest absolute Gasteiger partial charge is 0.497 e. The SMILES string of the molecule is COc1ccc(Cc2cc([C@@]3(O)O[C@H](CI)[C@@H](O)[C@H](O)[C@H]3O)ccc2Cl)cc1. The summed E-state index contributed by atoms with van der Waals surface area (Å²) in [5.41, 5.74) is 1.96. The van der Waals surface area contributed by atoms with Crippen LogP contribution < -0.4 is 4.74 Å². The van der Waals surface area contributed by atoms with Gasteiger partial charge in [0.25, 0.3) is 0 Å². The summed E-state index contributed by atoms with van der Waals surface area (Å²) in [6.45, 7) is 0. The molecule has 3 rings (SSSR count). The van der Waals surface area contributed by atoms with Crippen LogP contribution in [0.1, 0.15) is 16.7 Å². The molecule has 0 saturated carbocycles. The van der Waals surface area contributed by atoms with Gasteiger partial charge in [-0.25, -0.2) is 0 Å². The standard InChI is InChI=1S/C20H22ClIO6/c1-27-14-5-2-11(3-6-14)8-12-9-13(4-7-15(12)21)20(26)19(25)18(24)17(23)16(10-22)28-20/h2-7,9,16-19,23-26H,8,10H2,1H3/t16-,17-,18+,19-,20-/m1/s1. The summed E-state index contributed by atoms with van der Waals surface area (Å²) in [6.07, 6.45) is -4.89. The second-order valence-electron chi connectivity index (χ2n) is 6.76. The van der Waals surface area contributed by atoms with E-state index in [-0.39, 0.29) is 5.56 Å². The van der Waals surface area contributed by atoms with E-state index in [0.29, 0.717) is 15.9 Å². The van der Waals surface area contributed by atoms with Gasteiger partial charge in [-0.1, -0.05) is 52.4 Å². The lowest BCUT2D eigenvalue weighted by Crippen LogP contribution is -2.63. The number of aliphatic hydroxyl groups is 4. The van der Waals surface area contributed by atoms with Gasteiger partial charge >= 0.3 is 0 Å². The van der Waals surface area contributed by atoms with Gasteiger partial charge in [-0.3, -0.25) is 0 Å². The van der Waals surface area contributed by atoms with E-state index in [1.807, 2.05) is 46.9 Å². The molecular weight excluding hydrogens is 499 g/mol. The van der Waals surface area contributed by atoms with Gasteiger partial charge < -0.3 is 29.9 Å². The van der Waals surface area contributed by atoms with Gasteiger partial charge in [-0.2, -0.15) is 0 Å². The average Bonchev–Trinajstić information content (AvgIpc) is 2.71. The van der Waals surface area contributed by atoms with Crippen LogP contribution in [-0.4, -0.2) is 56.4 Å². The summed E-state index contributed by atoms with van der Waals surface area (Å²) in [4.78, 5) is 0. The molecule has 2 aromatic rings. The number of hydrogen-bond donors (Lipinski definition) is 4. The van der Waals surface area contributed by atoms with E-state index in [1.165, 1.54) is 6.07 Å². The third kappa shape index (κ3) is 4.16. The molecule has 2 aromatic carbocycles. The zero-order chi connectivity index (χ0) is 20.5. The molecule has 0 bridgehead atoms. The molecule has 0 aromatic heterocycles. The molecular formula is C20H22ClIO6. The Morgan fingerprint density at radius 1 is 1.11 bits per heavy atom. The highest BCUT2D eigenvalue weighted by Gasteiger charge is 2.53. The molecule has 4 N–H and O–H groups in total. The number of halogens is 2. The smallest absolute Gasteiger partial charge is 0.222 e. The highest BCUT2D eigenvalue weighted by molar-refractivity contribution is 14.1. The van der Waals surface area contributed by atoms with Crippen LogP contribution in [0.3, 0.4) is 0 Å². The molecule has 1 aliphatic rings. The first-order valence-electron chi connectivity index (χ1n) is 8.72. The predicted molar refractivity (Wildman–Crippen MR) is 113 cm³/mol. The predicted octanol–water partition coefficient (Wildman–Crippen LogP) is 2.00. The van der Waals surface area contributed by atoms with Gasteiger partial charge in [-0.15, -0.1) is 0 Å². The number of aliphatic hydroxyl groups excluding tert-OH is 3. The van der Waals surface area contributed by atoms with Crippen molar-refractivity contribution in [2.75, 3.05) is 11.5 Å². The third-order valence-corrected chi connectivity index (χ3v) is 6.19. The monoisotopic (exact) mass is 520 g/mol. The van der Waals surface area contributed by atoms with E-state index < -0.39 is 30.2 Å². The maximum atomic E-state index is 11.0. The van der Waals surface area contributed by atoms with Crippen molar-refractivity contribution in [1.82, 2.24) is 0 Å². The normalized spacial score (nSPS) is 30.2. The molecule has 0 aliphatic carbocycles. The molecule has 152 valence electrons. The topological polar surface area (TPSA) is 99.4 Å². The highest BCUT2D eigenvalue weighted by Crippen LogP contribution is 2.38. The van der Waals surface area contributed by atoms with E-state index in [1.54, 1.807) is 19.2 Å². The number of ether oxygens (including phenoxy) is 2. The lowest BCUT2D eigenvalue weighted by Gasteiger charge is -2.45. The van der Waals surface area contributed by atoms with Crippen LogP contribution in [0.2, 0.25) is 5.02 Å². The van der Waals surface area contributed by atoms with Gasteiger partial charge in [0.05, 0.1) is 13.2 Å². The van der Waals surface area contributed by atoms with Crippen molar-refractivity contribution in [2.24, 2.45) is 0 Å². The Balaban J connectivity index is 1.92. The van der Waals surface area contributed by atoms with E-state index in [9.17, 15) is 20.4 Å². The second-order valence-corrected chi connectivity index (χ2v) is 8.05. The summed E-state index contributed by atoms with van der Waals surface area (Å²) >= 11 is 8.32. The van der Waals surface area contributed by atoms with Gasteiger partial charge in [0.15, 0.2) is 0 Å². The van der Waals surface area contributed by atoms with Crippen LogP contribution >= 0.6 is 34.2 Å². The molecule has 1 heterocycles. The molecule has 8 heteroatoms. The number of methoxy groups -OCH3 is 1. The van der Waals surface area contributed by atoms with Crippen LogP contribution in [0, 0.1) is 0 Å². The number of benzene rings is 2. The lowest BCUT2D eigenvalue weighted by molar-refractivity contribution is -0.350. The van der Waals surface area contributed by atoms with Gasteiger partial charge in [-0.05, 0) is 41.8 Å². The zero-order valence-electron chi connectivity index (χ0n) is 15.1. The fourth-order valence-corrected chi connectivity index (χ4v) is 4.15. The first kappa shape index (κ1) is 21.8. The fraction of sp³-hybridized carbons (Fsp3) is 0.400. The summed E-state index contributed by atoms with van der Waals surface area (Å²) in [7, 11) is 1.60. The maximum Gasteiger partial charge on any atom is 0.222 e. The zero-order valence-corrected chi connectivity index (χ0v) is 18.0. The Morgan fingerprint density at radius 2 is 1.79 bits per heavy atom. The first-order chi connectivity index (χ1) is 13.3. The molecule has 0 radical (unpaired) electrons. The van der Waals surface area contributed by atoms with E-state index in [4.69, 9.17) is 21.1 Å². The van der Waals surface area contributed by atoms with E-state index in [0.717, 1.165) is 16.9 Å². The van der Waals surface area contributed by atoms with E-state index >= 15 is 0 Å². The molecule has 1 saturated heterocycles. The minimum atomic E-state index is -2.16. The number of rotatable bonds is 5. The van der Waals surface area contributed by atoms with Crippen LogP contribution in [-0.2, 0) is 16.9 Å².